The van der Waals surface area contributed by atoms with E-state index in [4.69, 9.17) is 9.15 Å². The van der Waals surface area contributed by atoms with Gasteiger partial charge in [0, 0.05) is 6.54 Å². The summed E-state index contributed by atoms with van der Waals surface area (Å²) in [6.07, 6.45) is 8.14. The summed E-state index contributed by atoms with van der Waals surface area (Å²) in [5, 5.41) is 11.2. The van der Waals surface area contributed by atoms with E-state index < -0.39 is 0 Å². The molecular weight excluding hydrogens is 362 g/mol. The number of thioether (sulfide) groups is 1. The number of allylic oxidation sites excluding steroid dienone is 1. The van der Waals surface area contributed by atoms with Crippen molar-refractivity contribution in [3.63, 3.8) is 0 Å². The monoisotopic (exact) mass is 387 g/mol. The molecule has 0 fully saturated rings. The average Bonchev–Trinajstić information content (AvgIpc) is 3.14. The molecule has 0 saturated heterocycles. The lowest BCUT2D eigenvalue weighted by Crippen LogP contribution is -2.26. The van der Waals surface area contributed by atoms with Gasteiger partial charge in [-0.25, -0.2) is 0 Å². The van der Waals surface area contributed by atoms with Gasteiger partial charge in [0.2, 0.25) is 5.91 Å². The minimum atomic E-state index is -0.0211. The van der Waals surface area contributed by atoms with Gasteiger partial charge in [0.25, 0.3) is 11.1 Å². The van der Waals surface area contributed by atoms with Crippen LogP contribution in [0.5, 0.6) is 5.75 Å². The van der Waals surface area contributed by atoms with Gasteiger partial charge in [-0.1, -0.05) is 35.5 Å². The Balaban J connectivity index is 1.35. The molecule has 144 valence electrons. The normalized spacial score (nSPS) is 13.9. The number of carbonyl (C=O) groups is 1. The molecule has 0 saturated carbocycles. The van der Waals surface area contributed by atoms with Gasteiger partial charge in [-0.05, 0) is 56.7 Å². The summed E-state index contributed by atoms with van der Waals surface area (Å²) in [5.74, 6) is 1.39. The van der Waals surface area contributed by atoms with E-state index in [1.165, 1.54) is 43.0 Å². The Bertz CT molecular complexity index is 788. The molecule has 1 aliphatic rings. The van der Waals surface area contributed by atoms with E-state index >= 15 is 0 Å². The van der Waals surface area contributed by atoms with Gasteiger partial charge in [0.1, 0.15) is 5.75 Å². The fourth-order valence-electron chi connectivity index (χ4n) is 2.88. The first kappa shape index (κ1) is 19.5. The van der Waals surface area contributed by atoms with E-state index in [2.05, 4.69) is 21.6 Å². The molecule has 6 nitrogen and oxygen atoms in total. The number of aryl methyl sites for hydroxylation is 1. The second-order valence-electron chi connectivity index (χ2n) is 6.56. The number of hydrogen-bond acceptors (Lipinski definition) is 6. The van der Waals surface area contributed by atoms with Gasteiger partial charge in [-0.2, -0.15) is 0 Å². The molecule has 0 unspecified atom stereocenters. The quantitative estimate of drug-likeness (QED) is 0.516. The first-order chi connectivity index (χ1) is 13.2. The molecular formula is C20H25N3O3S. The van der Waals surface area contributed by atoms with E-state index in [9.17, 15) is 4.79 Å². The highest BCUT2D eigenvalue weighted by atomic mass is 32.2. The van der Waals surface area contributed by atoms with Crippen molar-refractivity contribution in [2.45, 2.75) is 50.9 Å². The Morgan fingerprint density at radius 1 is 1.33 bits per heavy atom. The maximum atomic E-state index is 11.9. The van der Waals surface area contributed by atoms with Crippen LogP contribution in [0.25, 0.3) is 0 Å². The van der Waals surface area contributed by atoms with Crippen LogP contribution in [0.1, 0.15) is 43.6 Å². The molecule has 3 rings (SSSR count). The highest BCUT2D eigenvalue weighted by Crippen LogP contribution is 2.20. The Kier molecular flexibility index (Phi) is 7.33. The predicted octanol–water partition coefficient (Wildman–Crippen LogP) is 4.06. The van der Waals surface area contributed by atoms with Crippen LogP contribution in [0.15, 0.2) is 45.6 Å². The van der Waals surface area contributed by atoms with Crippen molar-refractivity contribution in [1.29, 1.82) is 0 Å². The zero-order valence-corrected chi connectivity index (χ0v) is 16.4. The Morgan fingerprint density at radius 3 is 3.07 bits per heavy atom. The molecule has 0 spiro atoms. The number of nitrogens with zero attached hydrogens (tertiary/aromatic N) is 2. The Hall–Kier alpha value is -2.28. The Labute approximate surface area is 163 Å². The minimum absolute atomic E-state index is 0.0211. The van der Waals surface area contributed by atoms with Crippen molar-refractivity contribution in [2.75, 3.05) is 12.3 Å². The maximum absolute atomic E-state index is 11.9. The van der Waals surface area contributed by atoms with Gasteiger partial charge in [0.15, 0.2) is 6.61 Å². The number of hydrogen-bond donors (Lipinski definition) is 1. The van der Waals surface area contributed by atoms with Crippen molar-refractivity contribution in [2.24, 2.45) is 0 Å². The molecule has 1 heterocycles. The lowest BCUT2D eigenvalue weighted by Gasteiger charge is -2.12. The third-order valence-corrected chi connectivity index (χ3v) is 5.10. The van der Waals surface area contributed by atoms with Crippen LogP contribution in [0.2, 0.25) is 0 Å². The second-order valence-corrected chi connectivity index (χ2v) is 7.49. The lowest BCUT2D eigenvalue weighted by molar-refractivity contribution is -0.118. The van der Waals surface area contributed by atoms with Crippen LogP contribution in [0, 0.1) is 6.92 Å². The first-order valence-electron chi connectivity index (χ1n) is 9.28. The highest BCUT2D eigenvalue weighted by molar-refractivity contribution is 7.99. The van der Waals surface area contributed by atoms with E-state index in [0.717, 1.165) is 17.7 Å². The minimum Gasteiger partial charge on any atom is -0.484 e. The van der Waals surface area contributed by atoms with Gasteiger partial charge in [-0.3, -0.25) is 4.79 Å². The Morgan fingerprint density at radius 2 is 2.26 bits per heavy atom. The third-order valence-electron chi connectivity index (χ3n) is 4.28. The second kappa shape index (κ2) is 10.2. The molecule has 2 aromatic rings. The molecule has 1 aliphatic carbocycles. The van der Waals surface area contributed by atoms with Gasteiger partial charge >= 0.3 is 0 Å². The number of rotatable bonds is 9. The molecule has 27 heavy (non-hydrogen) atoms. The molecule has 1 aromatic heterocycles. The maximum Gasteiger partial charge on any atom is 0.277 e. The predicted molar refractivity (Wildman–Crippen MR) is 105 cm³/mol. The molecule has 0 bridgehead atoms. The van der Waals surface area contributed by atoms with Gasteiger partial charge < -0.3 is 14.5 Å². The number of aromatic nitrogens is 2. The fraction of sp³-hybridized carbons (Fsp3) is 0.450. The van der Waals surface area contributed by atoms with Crippen molar-refractivity contribution in [3.8, 4) is 5.75 Å². The third kappa shape index (κ3) is 6.75. The van der Waals surface area contributed by atoms with Crippen LogP contribution in [-0.4, -0.2) is 28.4 Å². The van der Waals surface area contributed by atoms with E-state index in [1.807, 2.05) is 31.2 Å². The highest BCUT2D eigenvalue weighted by Gasteiger charge is 2.11. The number of amides is 1. The van der Waals surface area contributed by atoms with Crippen LogP contribution in [0.4, 0.5) is 0 Å². The van der Waals surface area contributed by atoms with Gasteiger partial charge in [0.05, 0.1) is 5.75 Å². The van der Waals surface area contributed by atoms with Crippen molar-refractivity contribution >= 4 is 17.7 Å². The average molecular weight is 388 g/mol. The van der Waals surface area contributed by atoms with Crippen molar-refractivity contribution < 1.29 is 13.9 Å². The number of benzene rings is 1. The summed E-state index contributed by atoms with van der Waals surface area (Å²) in [7, 11) is 0. The zero-order valence-electron chi connectivity index (χ0n) is 15.6. The lowest BCUT2D eigenvalue weighted by atomic mass is 9.97. The molecule has 0 aliphatic heterocycles. The largest absolute Gasteiger partial charge is 0.484 e. The fourth-order valence-corrected chi connectivity index (χ4v) is 3.49. The van der Waals surface area contributed by atoms with Crippen molar-refractivity contribution in [3.05, 3.63) is 47.4 Å². The van der Waals surface area contributed by atoms with Crippen LogP contribution in [-0.2, 0) is 11.4 Å². The van der Waals surface area contributed by atoms with Crippen LogP contribution >= 0.6 is 11.8 Å². The molecule has 0 atom stereocenters. The standard InChI is InChI=1S/C20H25N3O3S/c1-15-6-5-9-17(12-15)25-13-19-22-23-20(26-19)27-14-18(24)21-11-10-16-7-3-2-4-8-16/h5-7,9,12H,2-4,8,10-11,13-14H2,1H3,(H,21,24). The zero-order chi connectivity index (χ0) is 18.9. The molecule has 1 aromatic carbocycles. The summed E-state index contributed by atoms with van der Waals surface area (Å²) in [5.41, 5.74) is 2.59. The smallest absolute Gasteiger partial charge is 0.277 e. The van der Waals surface area contributed by atoms with Crippen LogP contribution in [0.3, 0.4) is 0 Å². The molecule has 1 N–H and O–H groups in total. The molecule has 0 radical (unpaired) electrons. The summed E-state index contributed by atoms with van der Waals surface area (Å²) < 4.78 is 11.1. The van der Waals surface area contributed by atoms with Crippen LogP contribution < -0.4 is 10.1 Å². The van der Waals surface area contributed by atoms with E-state index in [1.54, 1.807) is 0 Å². The number of ether oxygens (including phenoxy) is 1. The van der Waals surface area contributed by atoms with E-state index in [0.29, 0.717) is 17.7 Å². The molecule has 1 amide bonds. The topological polar surface area (TPSA) is 77.2 Å². The van der Waals surface area contributed by atoms with Crippen molar-refractivity contribution in [1.82, 2.24) is 15.5 Å². The van der Waals surface area contributed by atoms with Gasteiger partial charge in [-0.15, -0.1) is 10.2 Å². The SMILES string of the molecule is Cc1cccc(OCc2nnc(SCC(=O)NCCC3=CCCCC3)o2)c1. The summed E-state index contributed by atoms with van der Waals surface area (Å²) >= 11 is 1.24. The molecule has 7 heteroatoms. The summed E-state index contributed by atoms with van der Waals surface area (Å²) in [6, 6.07) is 7.76. The summed E-state index contributed by atoms with van der Waals surface area (Å²) in [4.78, 5) is 11.9. The number of nitrogens with one attached hydrogen (secondary N) is 1. The first-order valence-corrected chi connectivity index (χ1v) is 10.3. The number of carbonyl (C=O) groups excluding carboxylic acids is 1. The van der Waals surface area contributed by atoms with E-state index in [-0.39, 0.29) is 18.3 Å². The summed E-state index contributed by atoms with van der Waals surface area (Å²) in [6.45, 7) is 2.90.